The third kappa shape index (κ3) is 2.56. The molecule has 0 aromatic carbocycles. The average molecular weight is 179 g/mol. The molecule has 1 aliphatic carbocycles. The second-order valence-corrected chi connectivity index (χ2v) is 3.80. The molecule has 0 bridgehead atoms. The van der Waals surface area contributed by atoms with Crippen molar-refractivity contribution >= 4 is 0 Å². The van der Waals surface area contributed by atoms with E-state index in [2.05, 4.69) is 15.3 Å². The lowest BCUT2D eigenvalue weighted by Gasteiger charge is -2.25. The predicted molar refractivity (Wildman–Crippen MR) is 52.3 cm³/mol. The molecule has 72 valence electrons. The van der Waals surface area contributed by atoms with Gasteiger partial charge in [-0.3, -0.25) is 0 Å². The number of imidazole rings is 1. The van der Waals surface area contributed by atoms with Gasteiger partial charge in [0, 0.05) is 12.4 Å². The van der Waals surface area contributed by atoms with Crippen molar-refractivity contribution in [1.82, 2.24) is 15.3 Å². The average Bonchev–Trinajstić information content (AvgIpc) is 2.53. The minimum atomic E-state index is 0.875. The topological polar surface area (TPSA) is 40.7 Å². The van der Waals surface area contributed by atoms with E-state index >= 15 is 0 Å². The maximum absolute atomic E-state index is 4.15. The van der Waals surface area contributed by atoms with E-state index in [9.17, 15) is 0 Å². The standard InChI is InChI=1S/C10H17N3/c1-2-9(3-1)4-5-11-8-10-12-6-7-13-10/h6-7,9,11H,1-5,8H2,(H,12,13). The maximum Gasteiger partial charge on any atom is 0.120 e. The Morgan fingerprint density at radius 2 is 2.46 bits per heavy atom. The molecule has 1 aromatic rings. The highest BCUT2D eigenvalue weighted by Crippen LogP contribution is 2.28. The molecule has 0 saturated heterocycles. The van der Waals surface area contributed by atoms with E-state index in [-0.39, 0.29) is 0 Å². The van der Waals surface area contributed by atoms with Gasteiger partial charge in [0.2, 0.25) is 0 Å². The van der Waals surface area contributed by atoms with E-state index in [1.54, 1.807) is 6.20 Å². The van der Waals surface area contributed by atoms with Crippen molar-refractivity contribution in [2.75, 3.05) is 6.54 Å². The first-order chi connectivity index (χ1) is 6.45. The van der Waals surface area contributed by atoms with Crippen LogP contribution >= 0.6 is 0 Å². The molecular formula is C10H17N3. The van der Waals surface area contributed by atoms with Crippen LogP contribution in [0.5, 0.6) is 0 Å². The third-order valence-corrected chi connectivity index (χ3v) is 2.80. The van der Waals surface area contributed by atoms with Crippen molar-refractivity contribution in [3.8, 4) is 0 Å². The third-order valence-electron chi connectivity index (χ3n) is 2.80. The number of hydrogen-bond acceptors (Lipinski definition) is 2. The molecule has 0 spiro atoms. The number of nitrogens with zero attached hydrogens (tertiary/aromatic N) is 1. The Morgan fingerprint density at radius 1 is 1.54 bits per heavy atom. The van der Waals surface area contributed by atoms with Gasteiger partial charge < -0.3 is 10.3 Å². The van der Waals surface area contributed by atoms with Crippen molar-refractivity contribution in [2.45, 2.75) is 32.2 Å². The zero-order valence-electron chi connectivity index (χ0n) is 7.92. The summed E-state index contributed by atoms with van der Waals surface area (Å²) in [5, 5.41) is 3.39. The minimum absolute atomic E-state index is 0.875. The fraction of sp³-hybridized carbons (Fsp3) is 0.700. The molecular weight excluding hydrogens is 162 g/mol. The number of hydrogen-bond donors (Lipinski definition) is 2. The van der Waals surface area contributed by atoms with Crippen LogP contribution in [-0.2, 0) is 6.54 Å². The summed E-state index contributed by atoms with van der Waals surface area (Å²) in [6, 6.07) is 0. The molecule has 3 nitrogen and oxygen atoms in total. The van der Waals surface area contributed by atoms with Crippen LogP contribution in [0.2, 0.25) is 0 Å². The van der Waals surface area contributed by atoms with Gasteiger partial charge in [-0.15, -0.1) is 0 Å². The molecule has 3 heteroatoms. The molecule has 2 rings (SSSR count). The van der Waals surface area contributed by atoms with Gasteiger partial charge in [0.15, 0.2) is 0 Å². The Hall–Kier alpha value is -0.830. The number of rotatable bonds is 5. The van der Waals surface area contributed by atoms with Gasteiger partial charge in [-0.05, 0) is 18.9 Å². The Labute approximate surface area is 79.0 Å². The molecule has 13 heavy (non-hydrogen) atoms. The van der Waals surface area contributed by atoms with Crippen LogP contribution in [0.1, 0.15) is 31.5 Å². The van der Waals surface area contributed by atoms with Gasteiger partial charge in [0.1, 0.15) is 5.82 Å². The number of nitrogens with one attached hydrogen (secondary N) is 2. The van der Waals surface area contributed by atoms with Gasteiger partial charge in [-0.2, -0.15) is 0 Å². The summed E-state index contributed by atoms with van der Waals surface area (Å²) in [4.78, 5) is 7.23. The first-order valence-electron chi connectivity index (χ1n) is 5.14. The van der Waals surface area contributed by atoms with E-state index in [0.717, 1.165) is 24.8 Å². The van der Waals surface area contributed by atoms with E-state index < -0.39 is 0 Å². The summed E-state index contributed by atoms with van der Waals surface area (Å²) in [6.45, 7) is 2.01. The van der Waals surface area contributed by atoms with Crippen LogP contribution < -0.4 is 5.32 Å². The van der Waals surface area contributed by atoms with Crippen molar-refractivity contribution in [3.63, 3.8) is 0 Å². The van der Waals surface area contributed by atoms with Crippen LogP contribution in [0.25, 0.3) is 0 Å². The maximum atomic E-state index is 4.15. The molecule has 0 aliphatic heterocycles. The molecule has 1 aliphatic rings. The Morgan fingerprint density at radius 3 is 3.08 bits per heavy atom. The summed E-state index contributed by atoms with van der Waals surface area (Å²) in [6.07, 6.45) is 9.33. The SMILES string of the molecule is c1c[nH]c(CNCCC2CCC2)n1. The predicted octanol–water partition coefficient (Wildman–Crippen LogP) is 1.69. The second kappa shape index (κ2) is 4.42. The molecule has 0 amide bonds. The second-order valence-electron chi connectivity index (χ2n) is 3.80. The highest BCUT2D eigenvalue weighted by molar-refractivity contribution is 4.85. The number of aromatic amines is 1. The van der Waals surface area contributed by atoms with Crippen molar-refractivity contribution in [1.29, 1.82) is 0 Å². The monoisotopic (exact) mass is 179 g/mol. The van der Waals surface area contributed by atoms with Crippen molar-refractivity contribution < 1.29 is 0 Å². The lowest BCUT2D eigenvalue weighted by molar-refractivity contribution is 0.292. The van der Waals surface area contributed by atoms with Gasteiger partial charge in [-0.25, -0.2) is 4.98 Å². The zero-order valence-corrected chi connectivity index (χ0v) is 7.92. The minimum Gasteiger partial charge on any atom is -0.348 e. The highest BCUT2D eigenvalue weighted by Gasteiger charge is 2.15. The number of aromatic nitrogens is 2. The van der Waals surface area contributed by atoms with Gasteiger partial charge in [0.25, 0.3) is 0 Å². The van der Waals surface area contributed by atoms with Gasteiger partial charge in [0.05, 0.1) is 6.54 Å². The van der Waals surface area contributed by atoms with Crippen molar-refractivity contribution in [2.24, 2.45) is 5.92 Å². The van der Waals surface area contributed by atoms with E-state index in [0.29, 0.717) is 0 Å². The molecule has 0 radical (unpaired) electrons. The van der Waals surface area contributed by atoms with Gasteiger partial charge >= 0.3 is 0 Å². The number of H-pyrrole nitrogens is 1. The lowest BCUT2D eigenvalue weighted by Crippen LogP contribution is -2.21. The first-order valence-corrected chi connectivity index (χ1v) is 5.14. The summed E-state index contributed by atoms with van der Waals surface area (Å²) in [5.41, 5.74) is 0. The van der Waals surface area contributed by atoms with Crippen LogP contribution in [0.4, 0.5) is 0 Å². The van der Waals surface area contributed by atoms with Crippen LogP contribution in [0.3, 0.4) is 0 Å². The molecule has 1 saturated carbocycles. The molecule has 2 N–H and O–H groups in total. The summed E-state index contributed by atoms with van der Waals surface area (Å²) in [5.74, 6) is 2.04. The highest BCUT2D eigenvalue weighted by atomic mass is 15.0. The molecule has 0 unspecified atom stereocenters. The molecule has 1 aromatic heterocycles. The van der Waals surface area contributed by atoms with E-state index in [1.165, 1.54) is 25.7 Å². The molecule has 1 fully saturated rings. The normalized spacial score (nSPS) is 17.2. The Kier molecular flexibility index (Phi) is 2.98. The lowest BCUT2D eigenvalue weighted by atomic mass is 9.83. The van der Waals surface area contributed by atoms with E-state index in [1.807, 2.05) is 6.20 Å². The first kappa shape index (κ1) is 8.75. The van der Waals surface area contributed by atoms with Crippen LogP contribution in [0.15, 0.2) is 12.4 Å². The van der Waals surface area contributed by atoms with Crippen LogP contribution in [0, 0.1) is 5.92 Å². The van der Waals surface area contributed by atoms with Crippen LogP contribution in [-0.4, -0.2) is 16.5 Å². The smallest absolute Gasteiger partial charge is 0.120 e. The van der Waals surface area contributed by atoms with E-state index in [4.69, 9.17) is 0 Å². The zero-order chi connectivity index (χ0) is 8.93. The Balaban J connectivity index is 1.53. The molecule has 1 heterocycles. The largest absolute Gasteiger partial charge is 0.348 e. The summed E-state index contributed by atoms with van der Waals surface area (Å²) in [7, 11) is 0. The Bertz CT molecular complexity index is 226. The van der Waals surface area contributed by atoms with Gasteiger partial charge in [-0.1, -0.05) is 19.3 Å². The summed E-state index contributed by atoms with van der Waals surface area (Å²) < 4.78 is 0. The summed E-state index contributed by atoms with van der Waals surface area (Å²) >= 11 is 0. The fourth-order valence-corrected chi connectivity index (χ4v) is 1.69. The fourth-order valence-electron chi connectivity index (χ4n) is 1.69. The van der Waals surface area contributed by atoms with Crippen molar-refractivity contribution in [3.05, 3.63) is 18.2 Å². The molecule has 0 atom stereocenters. The quantitative estimate of drug-likeness (QED) is 0.675.